The van der Waals surface area contributed by atoms with Crippen LogP contribution in [0.2, 0.25) is 10.0 Å². The van der Waals surface area contributed by atoms with Crippen LogP contribution < -0.4 is 10.6 Å². The minimum absolute atomic E-state index is 0.106. The molecule has 7 nitrogen and oxygen atoms in total. The zero-order valence-corrected chi connectivity index (χ0v) is 22.1. The van der Waals surface area contributed by atoms with Crippen molar-refractivity contribution in [3.63, 3.8) is 0 Å². The molecule has 2 amide bonds. The Labute approximate surface area is 230 Å². The van der Waals surface area contributed by atoms with E-state index >= 15 is 0 Å². The summed E-state index contributed by atoms with van der Waals surface area (Å²) >= 11 is 12.4. The van der Waals surface area contributed by atoms with E-state index in [1.54, 1.807) is 30.6 Å². The quantitative estimate of drug-likeness (QED) is 0.380. The minimum atomic E-state index is -0.860. The van der Waals surface area contributed by atoms with Crippen molar-refractivity contribution in [2.75, 3.05) is 25.0 Å². The number of anilines is 1. The Balaban J connectivity index is 1.27. The lowest BCUT2D eigenvalue weighted by molar-refractivity contribution is -0.123. The molecule has 2 aliphatic heterocycles. The lowest BCUT2D eigenvalue weighted by atomic mass is 9.82. The summed E-state index contributed by atoms with van der Waals surface area (Å²) in [4.78, 5) is 31.8. The largest absolute Gasteiger partial charge is 0.438 e. The SMILES string of the molecule is O=C1Nc2ccc(F)cc2C2(CCN(CCC(C(=O)NCc3ccncc3)c3ccc(Cl)c(Cl)c3)CC2)O1. The molecule has 0 radical (unpaired) electrons. The number of nitrogens with zero attached hydrogens (tertiary/aromatic N) is 2. The molecule has 1 unspecified atom stereocenters. The number of hydrogen-bond donors (Lipinski definition) is 2. The number of nitrogens with one attached hydrogen (secondary N) is 2. The molecule has 0 bridgehead atoms. The molecule has 0 aliphatic carbocycles. The summed E-state index contributed by atoms with van der Waals surface area (Å²) in [6.07, 6.45) is 4.47. The van der Waals surface area contributed by atoms with Crippen molar-refractivity contribution < 1.29 is 18.7 Å². The average Bonchev–Trinajstić information content (AvgIpc) is 2.91. The van der Waals surface area contributed by atoms with Gasteiger partial charge in [-0.25, -0.2) is 9.18 Å². The molecule has 1 spiro atoms. The van der Waals surface area contributed by atoms with E-state index in [4.69, 9.17) is 27.9 Å². The molecule has 3 heterocycles. The third-order valence-corrected chi connectivity index (χ3v) is 8.01. The highest BCUT2D eigenvalue weighted by molar-refractivity contribution is 6.42. The maximum atomic E-state index is 14.0. The van der Waals surface area contributed by atoms with Crippen molar-refractivity contribution in [1.82, 2.24) is 15.2 Å². The monoisotopic (exact) mass is 556 g/mol. The smallest absolute Gasteiger partial charge is 0.412 e. The molecule has 1 saturated heterocycles. The summed E-state index contributed by atoms with van der Waals surface area (Å²) in [7, 11) is 0. The Hall–Kier alpha value is -3.20. The Kier molecular flexibility index (Phi) is 7.83. The van der Waals surface area contributed by atoms with Crippen LogP contribution in [0.5, 0.6) is 0 Å². The molecule has 1 atom stereocenters. The molecule has 2 aliphatic rings. The van der Waals surface area contributed by atoms with Gasteiger partial charge in [-0.1, -0.05) is 29.3 Å². The van der Waals surface area contributed by atoms with Crippen LogP contribution in [0.1, 0.15) is 41.9 Å². The van der Waals surface area contributed by atoms with Gasteiger partial charge in [0.1, 0.15) is 11.4 Å². The van der Waals surface area contributed by atoms with E-state index in [0.29, 0.717) is 66.7 Å². The van der Waals surface area contributed by atoms with E-state index in [-0.39, 0.29) is 11.7 Å². The van der Waals surface area contributed by atoms with Gasteiger partial charge in [-0.05, 0) is 66.6 Å². The molecule has 1 aromatic heterocycles. The summed E-state index contributed by atoms with van der Waals surface area (Å²) in [6, 6.07) is 13.3. The summed E-state index contributed by atoms with van der Waals surface area (Å²) < 4.78 is 19.8. The first-order valence-corrected chi connectivity index (χ1v) is 13.2. The molecular weight excluding hydrogens is 530 g/mol. The van der Waals surface area contributed by atoms with E-state index in [2.05, 4.69) is 20.5 Å². The van der Waals surface area contributed by atoms with Gasteiger partial charge in [0.25, 0.3) is 0 Å². The Morgan fingerprint density at radius 3 is 2.61 bits per heavy atom. The lowest BCUT2D eigenvalue weighted by Gasteiger charge is -2.44. The fraction of sp³-hybridized carbons (Fsp3) is 0.321. The van der Waals surface area contributed by atoms with E-state index in [1.807, 2.05) is 18.2 Å². The molecular formula is C28H27Cl2FN4O3. The van der Waals surface area contributed by atoms with Gasteiger partial charge >= 0.3 is 6.09 Å². The molecule has 198 valence electrons. The Morgan fingerprint density at radius 2 is 1.87 bits per heavy atom. The Bertz CT molecular complexity index is 1330. The predicted molar refractivity (Wildman–Crippen MR) is 144 cm³/mol. The van der Waals surface area contributed by atoms with E-state index < -0.39 is 17.6 Å². The van der Waals surface area contributed by atoms with Crippen molar-refractivity contribution >= 4 is 40.9 Å². The first kappa shape index (κ1) is 26.4. The van der Waals surface area contributed by atoms with E-state index in [9.17, 15) is 14.0 Å². The second kappa shape index (κ2) is 11.3. The highest BCUT2D eigenvalue weighted by Crippen LogP contribution is 2.44. The van der Waals surface area contributed by atoms with Crippen LogP contribution >= 0.6 is 23.2 Å². The van der Waals surface area contributed by atoms with Crippen molar-refractivity contribution in [1.29, 1.82) is 0 Å². The number of fused-ring (bicyclic) bond motifs is 2. The number of halogens is 3. The second-order valence-electron chi connectivity index (χ2n) is 9.63. The van der Waals surface area contributed by atoms with Gasteiger partial charge in [-0.3, -0.25) is 15.1 Å². The summed E-state index contributed by atoms with van der Waals surface area (Å²) in [5.41, 5.74) is 2.14. The zero-order chi connectivity index (χ0) is 26.7. The van der Waals surface area contributed by atoms with Crippen LogP contribution in [0.3, 0.4) is 0 Å². The molecule has 2 N–H and O–H groups in total. The number of benzene rings is 2. The number of amides is 2. The fourth-order valence-electron chi connectivity index (χ4n) is 5.18. The number of aromatic nitrogens is 1. The van der Waals surface area contributed by atoms with Crippen molar-refractivity contribution in [2.45, 2.75) is 37.3 Å². The number of pyridine rings is 1. The van der Waals surface area contributed by atoms with Gasteiger partial charge in [0.2, 0.25) is 5.91 Å². The fourth-order valence-corrected chi connectivity index (χ4v) is 5.49. The van der Waals surface area contributed by atoms with Crippen molar-refractivity contribution in [2.24, 2.45) is 0 Å². The number of piperidine rings is 1. The molecule has 0 saturated carbocycles. The van der Waals surface area contributed by atoms with Crippen LogP contribution in [-0.2, 0) is 21.7 Å². The number of carbonyl (C=O) groups excluding carboxylic acids is 2. The predicted octanol–water partition coefficient (Wildman–Crippen LogP) is 5.87. The average molecular weight is 557 g/mol. The summed E-state index contributed by atoms with van der Waals surface area (Å²) in [5.74, 6) is -0.910. The zero-order valence-electron chi connectivity index (χ0n) is 20.6. The van der Waals surface area contributed by atoms with Crippen LogP contribution in [0.15, 0.2) is 60.9 Å². The normalized spacial score (nSPS) is 17.3. The topological polar surface area (TPSA) is 83.6 Å². The Morgan fingerprint density at radius 1 is 1.11 bits per heavy atom. The summed E-state index contributed by atoms with van der Waals surface area (Å²) in [5, 5.41) is 6.52. The summed E-state index contributed by atoms with van der Waals surface area (Å²) in [6.45, 7) is 2.30. The molecule has 2 aromatic carbocycles. The van der Waals surface area contributed by atoms with Gasteiger partial charge in [0.15, 0.2) is 0 Å². The van der Waals surface area contributed by atoms with Crippen molar-refractivity contribution in [3.8, 4) is 0 Å². The van der Waals surface area contributed by atoms with Gasteiger partial charge in [-0.15, -0.1) is 0 Å². The number of carbonyl (C=O) groups is 2. The highest BCUT2D eigenvalue weighted by Gasteiger charge is 2.44. The van der Waals surface area contributed by atoms with Gasteiger partial charge in [-0.2, -0.15) is 0 Å². The second-order valence-corrected chi connectivity index (χ2v) is 10.4. The van der Waals surface area contributed by atoms with Crippen LogP contribution in [0.25, 0.3) is 0 Å². The highest BCUT2D eigenvalue weighted by atomic mass is 35.5. The molecule has 38 heavy (non-hydrogen) atoms. The number of rotatable bonds is 7. The van der Waals surface area contributed by atoms with Crippen LogP contribution in [-0.4, -0.2) is 41.5 Å². The van der Waals surface area contributed by atoms with Crippen molar-refractivity contribution in [3.05, 3.63) is 93.5 Å². The third-order valence-electron chi connectivity index (χ3n) is 7.27. The van der Waals surface area contributed by atoms with Crippen LogP contribution in [0, 0.1) is 5.82 Å². The third kappa shape index (κ3) is 5.77. The van der Waals surface area contributed by atoms with E-state index in [0.717, 1.165) is 11.1 Å². The van der Waals surface area contributed by atoms with Gasteiger partial charge in [0.05, 0.1) is 21.7 Å². The standard InChI is InChI=1S/C28H27Cl2FN4O3/c29-23-3-1-19(15-24(23)30)21(26(36)33-17-18-5-10-32-11-6-18)7-12-35-13-8-28(9-14-35)22-16-20(31)2-4-25(22)34-27(37)38-28/h1-6,10-11,15-16,21H,7-9,12-14,17H2,(H,33,36)(H,34,37). The van der Waals surface area contributed by atoms with Crippen LogP contribution in [0.4, 0.5) is 14.9 Å². The van der Waals surface area contributed by atoms with E-state index in [1.165, 1.54) is 12.1 Å². The molecule has 10 heteroatoms. The van der Waals surface area contributed by atoms with Gasteiger partial charge in [0, 0.05) is 50.4 Å². The number of hydrogen-bond acceptors (Lipinski definition) is 5. The maximum Gasteiger partial charge on any atom is 0.412 e. The molecule has 3 aromatic rings. The molecule has 5 rings (SSSR count). The maximum absolute atomic E-state index is 14.0. The van der Waals surface area contributed by atoms with Gasteiger partial charge < -0.3 is 15.0 Å². The number of ether oxygens (including phenoxy) is 1. The molecule has 1 fully saturated rings. The number of likely N-dealkylation sites (tertiary alicyclic amines) is 1. The lowest BCUT2D eigenvalue weighted by Crippen LogP contribution is -2.48. The first-order valence-electron chi connectivity index (χ1n) is 12.5. The minimum Gasteiger partial charge on any atom is -0.438 e. The first-order chi connectivity index (χ1) is 18.3.